The van der Waals surface area contributed by atoms with E-state index in [0.29, 0.717) is 11.3 Å². The summed E-state index contributed by atoms with van der Waals surface area (Å²) in [6, 6.07) is 4.93. The summed E-state index contributed by atoms with van der Waals surface area (Å²) in [5.74, 6) is -0.217. The molecule has 0 aliphatic heterocycles. The number of nitrogens with zero attached hydrogens (tertiary/aromatic N) is 3. The van der Waals surface area contributed by atoms with Crippen LogP contribution in [-0.4, -0.2) is 27.2 Å². The molecule has 0 aliphatic carbocycles. The Bertz CT molecular complexity index is 576. The highest BCUT2D eigenvalue weighted by molar-refractivity contribution is 5.31. The van der Waals surface area contributed by atoms with E-state index in [2.05, 4.69) is 10.3 Å². The first-order valence-electron chi connectivity index (χ1n) is 5.86. The van der Waals surface area contributed by atoms with Gasteiger partial charge in [-0.3, -0.25) is 0 Å². The van der Waals surface area contributed by atoms with Gasteiger partial charge in [-0.15, -0.1) is 5.10 Å². The summed E-state index contributed by atoms with van der Waals surface area (Å²) < 4.78 is 20.4. The van der Waals surface area contributed by atoms with Gasteiger partial charge in [0.2, 0.25) is 0 Å². The van der Waals surface area contributed by atoms with Crippen LogP contribution in [0.4, 0.5) is 4.39 Å². The lowest BCUT2D eigenvalue weighted by molar-refractivity contribution is 0.0737. The fraction of sp³-hybridized carbons (Fsp3) is 0.385. The minimum Gasteiger partial charge on any atom is -0.494 e. The molecule has 0 spiro atoms. The van der Waals surface area contributed by atoms with Crippen molar-refractivity contribution in [1.82, 2.24) is 15.0 Å². The van der Waals surface area contributed by atoms with Crippen LogP contribution in [-0.2, 0) is 12.1 Å². The van der Waals surface area contributed by atoms with Crippen molar-refractivity contribution in [3.63, 3.8) is 0 Å². The molecule has 1 aromatic carbocycles. The molecule has 102 valence electrons. The number of halogens is 1. The minimum atomic E-state index is -1.06. The molecule has 1 N–H and O–H groups in total. The molecular weight excluding hydrogens is 249 g/mol. The Hall–Kier alpha value is -1.95. The molecule has 0 amide bonds. The van der Waals surface area contributed by atoms with Crippen LogP contribution in [0.1, 0.15) is 25.1 Å². The van der Waals surface area contributed by atoms with E-state index in [-0.39, 0.29) is 12.3 Å². The second-order valence-electron chi connectivity index (χ2n) is 4.79. The highest BCUT2D eigenvalue weighted by Gasteiger charge is 2.20. The Morgan fingerprint density at radius 2 is 2.16 bits per heavy atom. The molecule has 6 heteroatoms. The van der Waals surface area contributed by atoms with Crippen molar-refractivity contribution >= 4 is 0 Å². The molecule has 0 radical (unpaired) electrons. The lowest BCUT2D eigenvalue weighted by atomic mass is 10.1. The largest absolute Gasteiger partial charge is 0.494 e. The van der Waals surface area contributed by atoms with Crippen molar-refractivity contribution in [2.45, 2.75) is 26.0 Å². The monoisotopic (exact) mass is 265 g/mol. The SMILES string of the molecule is COc1cccc(Cn2cc(C(C)(C)O)nn2)c1F. The van der Waals surface area contributed by atoms with Crippen LogP contribution in [0.5, 0.6) is 5.75 Å². The van der Waals surface area contributed by atoms with Crippen LogP contribution in [0.15, 0.2) is 24.4 Å². The van der Waals surface area contributed by atoms with Gasteiger partial charge >= 0.3 is 0 Å². The van der Waals surface area contributed by atoms with Crippen molar-refractivity contribution in [3.05, 3.63) is 41.5 Å². The molecule has 1 heterocycles. The average Bonchev–Trinajstić information content (AvgIpc) is 2.80. The van der Waals surface area contributed by atoms with Crippen LogP contribution >= 0.6 is 0 Å². The molecule has 0 saturated carbocycles. The molecule has 0 saturated heterocycles. The van der Waals surface area contributed by atoms with Gasteiger partial charge in [0.15, 0.2) is 11.6 Å². The average molecular weight is 265 g/mol. The van der Waals surface area contributed by atoms with E-state index in [9.17, 15) is 9.50 Å². The lowest BCUT2D eigenvalue weighted by Gasteiger charge is -2.12. The van der Waals surface area contributed by atoms with Crippen LogP contribution in [0, 0.1) is 5.82 Å². The van der Waals surface area contributed by atoms with Gasteiger partial charge in [-0.25, -0.2) is 9.07 Å². The zero-order valence-electron chi connectivity index (χ0n) is 11.1. The maximum Gasteiger partial charge on any atom is 0.170 e. The fourth-order valence-corrected chi connectivity index (χ4v) is 1.67. The van der Waals surface area contributed by atoms with Gasteiger partial charge in [-0.1, -0.05) is 17.3 Å². The van der Waals surface area contributed by atoms with Crippen LogP contribution in [0.25, 0.3) is 0 Å². The normalized spacial score (nSPS) is 11.6. The number of methoxy groups -OCH3 is 1. The molecule has 0 unspecified atom stereocenters. The summed E-state index contributed by atoms with van der Waals surface area (Å²) in [5.41, 5.74) is -0.173. The zero-order chi connectivity index (χ0) is 14.0. The maximum absolute atomic E-state index is 14.0. The molecule has 0 atom stereocenters. The van der Waals surface area contributed by atoms with Gasteiger partial charge in [0.25, 0.3) is 0 Å². The first-order valence-corrected chi connectivity index (χ1v) is 5.86. The van der Waals surface area contributed by atoms with E-state index < -0.39 is 11.4 Å². The Labute approximate surface area is 110 Å². The third-order valence-electron chi connectivity index (χ3n) is 2.76. The Kier molecular flexibility index (Phi) is 3.53. The second-order valence-corrected chi connectivity index (χ2v) is 4.79. The quantitative estimate of drug-likeness (QED) is 0.914. The van der Waals surface area contributed by atoms with E-state index in [1.54, 1.807) is 38.2 Å². The summed E-state index contributed by atoms with van der Waals surface area (Å²) >= 11 is 0. The van der Waals surface area contributed by atoms with Gasteiger partial charge in [0.05, 0.1) is 19.9 Å². The summed E-state index contributed by atoms with van der Waals surface area (Å²) in [5, 5.41) is 17.5. The first kappa shape index (κ1) is 13.5. The molecule has 0 bridgehead atoms. The van der Waals surface area contributed by atoms with Gasteiger partial charge in [-0.2, -0.15) is 0 Å². The number of rotatable bonds is 4. The predicted octanol–water partition coefficient (Wildman–Crippen LogP) is 1.70. The molecule has 19 heavy (non-hydrogen) atoms. The number of hydrogen-bond donors (Lipinski definition) is 1. The third-order valence-corrected chi connectivity index (χ3v) is 2.76. The van der Waals surface area contributed by atoms with E-state index in [1.165, 1.54) is 11.8 Å². The van der Waals surface area contributed by atoms with Crippen LogP contribution < -0.4 is 4.74 Å². The third kappa shape index (κ3) is 2.90. The van der Waals surface area contributed by atoms with Crippen molar-refractivity contribution in [2.75, 3.05) is 7.11 Å². The Morgan fingerprint density at radius 1 is 1.42 bits per heavy atom. The zero-order valence-corrected chi connectivity index (χ0v) is 11.1. The van der Waals surface area contributed by atoms with Crippen LogP contribution in [0.3, 0.4) is 0 Å². The highest BCUT2D eigenvalue weighted by atomic mass is 19.1. The van der Waals surface area contributed by atoms with Crippen molar-refractivity contribution in [3.8, 4) is 5.75 Å². The number of ether oxygens (including phenoxy) is 1. The maximum atomic E-state index is 14.0. The molecular formula is C13H16FN3O2. The van der Waals surface area contributed by atoms with Crippen LogP contribution in [0.2, 0.25) is 0 Å². The highest BCUT2D eigenvalue weighted by Crippen LogP contribution is 2.21. The summed E-state index contributed by atoms with van der Waals surface area (Å²) in [7, 11) is 1.42. The topological polar surface area (TPSA) is 60.2 Å². The molecule has 0 aliphatic rings. The number of hydrogen-bond acceptors (Lipinski definition) is 4. The molecule has 1 aromatic heterocycles. The Morgan fingerprint density at radius 3 is 2.74 bits per heavy atom. The van der Waals surface area contributed by atoms with Crippen molar-refractivity contribution in [2.24, 2.45) is 0 Å². The lowest BCUT2D eigenvalue weighted by Crippen LogP contribution is -2.15. The minimum absolute atomic E-state index is 0.195. The second kappa shape index (κ2) is 4.97. The van der Waals surface area contributed by atoms with Gasteiger partial charge in [0, 0.05) is 5.56 Å². The fourth-order valence-electron chi connectivity index (χ4n) is 1.67. The van der Waals surface area contributed by atoms with Gasteiger partial charge < -0.3 is 9.84 Å². The number of aromatic nitrogens is 3. The van der Waals surface area contributed by atoms with Gasteiger partial charge in [-0.05, 0) is 19.9 Å². The van der Waals surface area contributed by atoms with Crippen molar-refractivity contribution in [1.29, 1.82) is 0 Å². The molecule has 2 rings (SSSR count). The number of aliphatic hydroxyl groups is 1. The molecule has 2 aromatic rings. The Balaban J connectivity index is 2.25. The summed E-state index contributed by atoms with van der Waals surface area (Å²) in [6.07, 6.45) is 1.60. The smallest absolute Gasteiger partial charge is 0.170 e. The number of benzene rings is 1. The van der Waals surface area contributed by atoms with E-state index in [4.69, 9.17) is 4.74 Å². The van der Waals surface area contributed by atoms with E-state index in [1.807, 2.05) is 0 Å². The van der Waals surface area contributed by atoms with E-state index in [0.717, 1.165) is 0 Å². The van der Waals surface area contributed by atoms with Gasteiger partial charge in [0.1, 0.15) is 11.3 Å². The summed E-state index contributed by atoms with van der Waals surface area (Å²) in [6.45, 7) is 3.47. The standard InChI is InChI=1S/C13H16FN3O2/c1-13(2,18)11-8-17(16-15-11)7-9-5-4-6-10(19-3)12(9)14/h4-6,8,18H,7H2,1-3H3. The summed E-state index contributed by atoms with van der Waals surface area (Å²) in [4.78, 5) is 0. The predicted molar refractivity (Wildman–Crippen MR) is 67.3 cm³/mol. The molecule has 5 nitrogen and oxygen atoms in total. The van der Waals surface area contributed by atoms with Crippen molar-refractivity contribution < 1.29 is 14.2 Å². The molecule has 0 fully saturated rings. The first-order chi connectivity index (χ1) is 8.91. The van der Waals surface area contributed by atoms with E-state index >= 15 is 0 Å².